The van der Waals surface area contributed by atoms with Crippen LogP contribution in [0.2, 0.25) is 0 Å². The predicted molar refractivity (Wildman–Crippen MR) is 113 cm³/mol. The summed E-state index contributed by atoms with van der Waals surface area (Å²) in [6.45, 7) is 0. The minimum atomic E-state index is -0.229. The average molecular weight is 355 g/mol. The van der Waals surface area contributed by atoms with Crippen molar-refractivity contribution in [1.82, 2.24) is 4.98 Å². The smallest absolute Gasteiger partial charge is 0.0728 e. The standard InChI is InChI=1S/C27H17N/c1-4-10-23-18(7-1)19-8-2-5-11-24(19)27(23)25-12-6-3-9-20(25)21-15-17-13-14-28-16-22(17)26(21)27/h1-14,16H,15H2. The Labute approximate surface area is 164 Å². The highest BCUT2D eigenvalue weighted by Gasteiger charge is 2.54. The summed E-state index contributed by atoms with van der Waals surface area (Å²) in [5.74, 6) is 0. The third-order valence-electron chi connectivity index (χ3n) is 6.83. The number of nitrogens with zero attached hydrogens (tertiary/aromatic N) is 1. The molecule has 3 aliphatic carbocycles. The number of allylic oxidation sites excluding steroid dienone is 2. The molecule has 0 bridgehead atoms. The SMILES string of the molecule is c1ccc2c(c1)C1=C(c3cnccc3C1)C21c2ccccc2-c2ccccc21. The molecular formula is C27H17N. The molecule has 1 heterocycles. The van der Waals surface area contributed by atoms with E-state index in [0.29, 0.717) is 0 Å². The van der Waals surface area contributed by atoms with Crippen LogP contribution < -0.4 is 0 Å². The summed E-state index contributed by atoms with van der Waals surface area (Å²) in [6.07, 6.45) is 5.00. The third kappa shape index (κ3) is 1.46. The average Bonchev–Trinajstić information content (AvgIpc) is 3.37. The monoisotopic (exact) mass is 355 g/mol. The molecule has 0 amide bonds. The van der Waals surface area contributed by atoms with Crippen LogP contribution in [0.5, 0.6) is 0 Å². The quantitative estimate of drug-likeness (QED) is 0.384. The topological polar surface area (TPSA) is 12.9 Å². The van der Waals surface area contributed by atoms with Crippen molar-refractivity contribution in [3.8, 4) is 11.1 Å². The summed E-state index contributed by atoms with van der Waals surface area (Å²) in [5, 5.41) is 0. The van der Waals surface area contributed by atoms with Gasteiger partial charge in [-0.25, -0.2) is 0 Å². The molecule has 1 aromatic heterocycles. The number of fused-ring (bicyclic) bond motifs is 11. The van der Waals surface area contributed by atoms with Crippen LogP contribution >= 0.6 is 0 Å². The molecule has 0 saturated carbocycles. The second kappa shape index (κ2) is 4.88. The highest BCUT2D eigenvalue weighted by Crippen LogP contribution is 2.66. The highest BCUT2D eigenvalue weighted by molar-refractivity contribution is 6.12. The molecule has 7 rings (SSSR count). The Kier molecular flexibility index (Phi) is 2.54. The Hall–Kier alpha value is -3.45. The Morgan fingerprint density at radius 3 is 1.86 bits per heavy atom. The van der Waals surface area contributed by atoms with E-state index in [-0.39, 0.29) is 5.41 Å². The summed E-state index contributed by atoms with van der Waals surface area (Å²) in [4.78, 5) is 4.51. The summed E-state index contributed by atoms with van der Waals surface area (Å²) in [7, 11) is 0. The van der Waals surface area contributed by atoms with Crippen LogP contribution in [-0.4, -0.2) is 4.98 Å². The van der Waals surface area contributed by atoms with Gasteiger partial charge < -0.3 is 0 Å². The van der Waals surface area contributed by atoms with Crippen molar-refractivity contribution in [2.24, 2.45) is 0 Å². The Morgan fingerprint density at radius 1 is 0.607 bits per heavy atom. The third-order valence-corrected chi connectivity index (χ3v) is 6.83. The lowest BCUT2D eigenvalue weighted by molar-refractivity contribution is 0.841. The van der Waals surface area contributed by atoms with Crippen LogP contribution in [0.25, 0.3) is 22.3 Å². The zero-order valence-corrected chi connectivity index (χ0v) is 15.3. The van der Waals surface area contributed by atoms with Gasteiger partial charge in [0.2, 0.25) is 0 Å². The fourth-order valence-corrected chi connectivity index (χ4v) is 5.90. The molecule has 0 saturated heterocycles. The second-order valence-corrected chi connectivity index (χ2v) is 7.95. The van der Waals surface area contributed by atoms with Crippen LogP contribution in [0.4, 0.5) is 0 Å². The molecule has 0 radical (unpaired) electrons. The van der Waals surface area contributed by atoms with Crippen LogP contribution in [0.3, 0.4) is 0 Å². The van der Waals surface area contributed by atoms with Crippen molar-refractivity contribution in [3.63, 3.8) is 0 Å². The van der Waals surface area contributed by atoms with Gasteiger partial charge in [0.05, 0.1) is 5.41 Å². The molecular weight excluding hydrogens is 338 g/mol. The molecule has 0 atom stereocenters. The molecule has 0 aliphatic heterocycles. The first kappa shape index (κ1) is 14.6. The largest absolute Gasteiger partial charge is 0.264 e. The number of pyridine rings is 1. The maximum absolute atomic E-state index is 4.51. The van der Waals surface area contributed by atoms with Crippen molar-refractivity contribution in [2.45, 2.75) is 11.8 Å². The first-order valence-corrected chi connectivity index (χ1v) is 9.87. The van der Waals surface area contributed by atoms with Crippen molar-refractivity contribution >= 4 is 11.1 Å². The number of aromatic nitrogens is 1. The Balaban J connectivity index is 1.71. The fourth-order valence-electron chi connectivity index (χ4n) is 5.90. The summed E-state index contributed by atoms with van der Waals surface area (Å²) >= 11 is 0. The van der Waals surface area contributed by atoms with Gasteiger partial charge in [-0.2, -0.15) is 0 Å². The van der Waals surface area contributed by atoms with Crippen molar-refractivity contribution in [2.75, 3.05) is 0 Å². The summed E-state index contributed by atoms with van der Waals surface area (Å²) < 4.78 is 0. The van der Waals surface area contributed by atoms with Gasteiger partial charge in [0, 0.05) is 18.0 Å². The van der Waals surface area contributed by atoms with E-state index in [1.54, 1.807) is 0 Å². The van der Waals surface area contributed by atoms with E-state index in [9.17, 15) is 0 Å². The normalized spacial score (nSPS) is 16.6. The zero-order valence-electron chi connectivity index (χ0n) is 15.3. The molecule has 1 nitrogen and oxygen atoms in total. The molecule has 4 aromatic rings. The van der Waals surface area contributed by atoms with E-state index >= 15 is 0 Å². The lowest BCUT2D eigenvalue weighted by Gasteiger charge is -2.32. The minimum absolute atomic E-state index is 0.229. The number of hydrogen-bond donors (Lipinski definition) is 0. The molecule has 3 aliphatic rings. The van der Waals surface area contributed by atoms with Crippen molar-refractivity contribution in [3.05, 3.63) is 125 Å². The maximum atomic E-state index is 4.51. The van der Waals surface area contributed by atoms with Gasteiger partial charge in [0.15, 0.2) is 0 Å². The minimum Gasteiger partial charge on any atom is -0.264 e. The fraction of sp³-hybridized carbons (Fsp3) is 0.0741. The molecule has 0 unspecified atom stereocenters. The number of benzene rings is 3. The zero-order chi connectivity index (χ0) is 18.3. The Bertz CT molecular complexity index is 1300. The number of hydrogen-bond acceptors (Lipinski definition) is 1. The first-order chi connectivity index (χ1) is 13.9. The van der Waals surface area contributed by atoms with Gasteiger partial charge in [0.1, 0.15) is 0 Å². The maximum Gasteiger partial charge on any atom is 0.0728 e. The van der Waals surface area contributed by atoms with Gasteiger partial charge in [-0.15, -0.1) is 0 Å². The summed E-state index contributed by atoms with van der Waals surface area (Å²) in [5.41, 5.74) is 13.8. The molecule has 3 aromatic carbocycles. The van der Waals surface area contributed by atoms with Crippen LogP contribution in [-0.2, 0) is 11.8 Å². The molecule has 0 fully saturated rings. The predicted octanol–water partition coefficient (Wildman–Crippen LogP) is 5.88. The van der Waals surface area contributed by atoms with Gasteiger partial charge in [-0.05, 0) is 62.6 Å². The molecule has 28 heavy (non-hydrogen) atoms. The Morgan fingerprint density at radius 2 is 1.18 bits per heavy atom. The van der Waals surface area contributed by atoms with Gasteiger partial charge in [0.25, 0.3) is 0 Å². The molecule has 130 valence electrons. The van der Waals surface area contributed by atoms with Crippen LogP contribution in [0.15, 0.2) is 91.3 Å². The van der Waals surface area contributed by atoms with Crippen LogP contribution in [0.1, 0.15) is 33.4 Å². The molecule has 0 N–H and O–H groups in total. The summed E-state index contributed by atoms with van der Waals surface area (Å²) in [6, 6.07) is 29.1. The van der Waals surface area contributed by atoms with Gasteiger partial charge in [-0.1, -0.05) is 72.8 Å². The van der Waals surface area contributed by atoms with E-state index in [2.05, 4.69) is 90.0 Å². The number of rotatable bonds is 0. The van der Waals surface area contributed by atoms with E-state index in [1.165, 1.54) is 55.7 Å². The lowest BCUT2D eigenvalue weighted by atomic mass is 9.68. The first-order valence-electron chi connectivity index (χ1n) is 9.87. The van der Waals surface area contributed by atoms with E-state index in [4.69, 9.17) is 0 Å². The second-order valence-electron chi connectivity index (χ2n) is 7.95. The van der Waals surface area contributed by atoms with E-state index < -0.39 is 0 Å². The van der Waals surface area contributed by atoms with Crippen molar-refractivity contribution in [1.29, 1.82) is 0 Å². The molecule has 1 spiro atoms. The molecule has 1 heteroatoms. The van der Waals surface area contributed by atoms with Gasteiger partial charge in [-0.3, -0.25) is 4.98 Å². The van der Waals surface area contributed by atoms with Crippen LogP contribution in [0, 0.1) is 0 Å². The van der Waals surface area contributed by atoms with E-state index in [1.807, 2.05) is 6.20 Å². The van der Waals surface area contributed by atoms with Gasteiger partial charge >= 0.3 is 0 Å². The lowest BCUT2D eigenvalue weighted by Crippen LogP contribution is -2.26. The van der Waals surface area contributed by atoms with E-state index in [0.717, 1.165) is 6.42 Å². The highest BCUT2D eigenvalue weighted by atomic mass is 14.6. The van der Waals surface area contributed by atoms with Crippen molar-refractivity contribution < 1.29 is 0 Å².